The number of carbonyl (C=O) groups excluding carboxylic acids is 1. The molecule has 0 unspecified atom stereocenters. The van der Waals surface area contributed by atoms with E-state index in [1.165, 1.54) is 17.8 Å². The summed E-state index contributed by atoms with van der Waals surface area (Å²) < 4.78 is 40.9. The van der Waals surface area contributed by atoms with Crippen molar-refractivity contribution in [3.05, 3.63) is 65.5 Å². The maximum Gasteiger partial charge on any atom is 0.416 e. The number of anilines is 1. The van der Waals surface area contributed by atoms with Crippen molar-refractivity contribution in [3.63, 3.8) is 0 Å². The molecule has 2 aromatic carbocycles. The van der Waals surface area contributed by atoms with Crippen molar-refractivity contribution in [2.75, 3.05) is 36.8 Å². The van der Waals surface area contributed by atoms with Crippen LogP contribution in [-0.2, 0) is 11.0 Å². The molecule has 0 saturated carbocycles. The number of rotatable bonds is 5. The number of thioether (sulfide) groups is 1. The van der Waals surface area contributed by atoms with Crippen molar-refractivity contribution in [3.8, 4) is 5.69 Å². The van der Waals surface area contributed by atoms with Gasteiger partial charge in [0.1, 0.15) is 5.82 Å². The highest BCUT2D eigenvalue weighted by Gasteiger charge is 2.31. The van der Waals surface area contributed by atoms with Crippen LogP contribution in [0, 0.1) is 13.8 Å². The number of piperazine rings is 1. The fraction of sp³-hybridized carbons (Fsp3) is 0.348. The number of amides is 1. The van der Waals surface area contributed by atoms with Crippen LogP contribution in [0.3, 0.4) is 0 Å². The van der Waals surface area contributed by atoms with E-state index in [0.29, 0.717) is 37.0 Å². The van der Waals surface area contributed by atoms with Crippen LogP contribution in [0.4, 0.5) is 18.9 Å². The van der Waals surface area contributed by atoms with Crippen molar-refractivity contribution in [1.29, 1.82) is 0 Å². The Morgan fingerprint density at radius 1 is 0.970 bits per heavy atom. The minimum absolute atomic E-state index is 0.0280. The number of carbonyl (C=O) groups is 1. The summed E-state index contributed by atoms with van der Waals surface area (Å²) in [5.41, 5.74) is 1.95. The Morgan fingerprint density at radius 2 is 1.67 bits per heavy atom. The molecule has 0 radical (unpaired) electrons. The second kappa shape index (κ2) is 9.46. The Bertz CT molecular complexity index is 1120. The highest BCUT2D eigenvalue weighted by Crippen LogP contribution is 2.32. The maximum absolute atomic E-state index is 13.0. The van der Waals surface area contributed by atoms with Crippen LogP contribution in [0.5, 0.6) is 0 Å². The molecule has 174 valence electrons. The zero-order chi connectivity index (χ0) is 23.6. The largest absolute Gasteiger partial charge is 0.416 e. The lowest BCUT2D eigenvalue weighted by Crippen LogP contribution is -2.49. The summed E-state index contributed by atoms with van der Waals surface area (Å²) >= 11 is 1.33. The standard InChI is InChI=1S/C23H24F3N5OS/c1-16-6-8-19(9-7-16)31-17(2)27-28-22(31)33-15-21(32)30-12-10-29(11-13-30)20-5-3-4-18(14-20)23(24,25)26/h3-9,14H,10-13,15H2,1-2H3. The minimum atomic E-state index is -4.37. The molecule has 1 aliphatic rings. The van der Waals surface area contributed by atoms with E-state index < -0.39 is 11.7 Å². The van der Waals surface area contributed by atoms with Gasteiger partial charge < -0.3 is 9.80 Å². The van der Waals surface area contributed by atoms with Gasteiger partial charge in [0.05, 0.1) is 11.3 Å². The molecule has 0 atom stereocenters. The van der Waals surface area contributed by atoms with Crippen LogP contribution in [-0.4, -0.2) is 57.5 Å². The van der Waals surface area contributed by atoms with Crippen LogP contribution in [0.25, 0.3) is 5.69 Å². The van der Waals surface area contributed by atoms with Crippen LogP contribution in [0.2, 0.25) is 0 Å². The van der Waals surface area contributed by atoms with Gasteiger partial charge in [0.15, 0.2) is 5.16 Å². The lowest BCUT2D eigenvalue weighted by molar-refractivity contribution is -0.137. The summed E-state index contributed by atoms with van der Waals surface area (Å²) in [5.74, 6) is 0.927. The first-order valence-corrected chi connectivity index (χ1v) is 11.5. The van der Waals surface area contributed by atoms with Crippen molar-refractivity contribution < 1.29 is 18.0 Å². The number of halogens is 3. The van der Waals surface area contributed by atoms with Gasteiger partial charge in [-0.2, -0.15) is 13.2 Å². The molecule has 33 heavy (non-hydrogen) atoms. The minimum Gasteiger partial charge on any atom is -0.368 e. The van der Waals surface area contributed by atoms with E-state index in [-0.39, 0.29) is 11.7 Å². The fourth-order valence-corrected chi connectivity index (χ4v) is 4.64. The first-order chi connectivity index (χ1) is 15.7. The molecule has 0 bridgehead atoms. The molecule has 0 aliphatic carbocycles. The zero-order valence-electron chi connectivity index (χ0n) is 18.3. The molecule has 0 spiro atoms. The van der Waals surface area contributed by atoms with Gasteiger partial charge in [-0.1, -0.05) is 35.5 Å². The molecule has 6 nitrogen and oxygen atoms in total. The third-order valence-corrected chi connectivity index (χ3v) is 6.50. The molecule has 10 heteroatoms. The lowest BCUT2D eigenvalue weighted by Gasteiger charge is -2.36. The molecule has 1 saturated heterocycles. The summed E-state index contributed by atoms with van der Waals surface area (Å²) in [6, 6.07) is 13.3. The van der Waals surface area contributed by atoms with Gasteiger partial charge in [0.25, 0.3) is 0 Å². The van der Waals surface area contributed by atoms with Crippen molar-refractivity contribution in [1.82, 2.24) is 19.7 Å². The summed E-state index contributed by atoms with van der Waals surface area (Å²) in [5, 5.41) is 9.02. The number of hydrogen-bond acceptors (Lipinski definition) is 5. The average molecular weight is 476 g/mol. The van der Waals surface area contributed by atoms with Crippen molar-refractivity contribution >= 4 is 23.4 Å². The SMILES string of the molecule is Cc1ccc(-n2c(C)nnc2SCC(=O)N2CCN(c3cccc(C(F)(F)F)c3)CC2)cc1. The predicted octanol–water partition coefficient (Wildman–Crippen LogP) is 4.34. The second-order valence-electron chi connectivity index (χ2n) is 7.91. The Kier molecular flexibility index (Phi) is 6.64. The van der Waals surface area contributed by atoms with Crippen LogP contribution in [0.15, 0.2) is 53.7 Å². The van der Waals surface area contributed by atoms with Gasteiger partial charge in [-0.3, -0.25) is 9.36 Å². The smallest absolute Gasteiger partial charge is 0.368 e. The number of alkyl halides is 3. The van der Waals surface area contributed by atoms with Gasteiger partial charge in [-0.15, -0.1) is 10.2 Å². The number of hydrogen-bond donors (Lipinski definition) is 0. The van der Waals surface area contributed by atoms with Gasteiger partial charge in [0, 0.05) is 37.6 Å². The van der Waals surface area contributed by atoms with E-state index in [1.807, 2.05) is 47.6 Å². The van der Waals surface area contributed by atoms with E-state index in [4.69, 9.17) is 0 Å². The fourth-order valence-electron chi connectivity index (χ4n) is 3.74. The summed E-state index contributed by atoms with van der Waals surface area (Å²) in [6.45, 7) is 5.76. The van der Waals surface area contributed by atoms with E-state index in [1.54, 1.807) is 11.0 Å². The molecule has 1 amide bonds. The second-order valence-corrected chi connectivity index (χ2v) is 8.85. The Hall–Kier alpha value is -3.01. The Labute approximate surface area is 194 Å². The summed E-state index contributed by atoms with van der Waals surface area (Å²) in [6.07, 6.45) is -4.37. The summed E-state index contributed by atoms with van der Waals surface area (Å²) in [4.78, 5) is 16.4. The Balaban J connectivity index is 1.35. The number of aryl methyl sites for hydroxylation is 2. The molecule has 4 rings (SSSR count). The molecule has 1 aliphatic heterocycles. The van der Waals surface area contributed by atoms with Crippen LogP contribution < -0.4 is 4.90 Å². The third kappa shape index (κ3) is 5.32. The van der Waals surface area contributed by atoms with E-state index in [0.717, 1.165) is 29.2 Å². The predicted molar refractivity (Wildman–Crippen MR) is 122 cm³/mol. The normalized spacial score (nSPS) is 14.6. The van der Waals surface area contributed by atoms with E-state index >= 15 is 0 Å². The quantitative estimate of drug-likeness (QED) is 0.514. The Morgan fingerprint density at radius 3 is 2.33 bits per heavy atom. The van der Waals surface area contributed by atoms with Crippen LogP contribution in [0.1, 0.15) is 17.0 Å². The molecule has 0 N–H and O–H groups in total. The monoisotopic (exact) mass is 475 g/mol. The molecule has 1 fully saturated rings. The topological polar surface area (TPSA) is 54.3 Å². The average Bonchev–Trinajstić information content (AvgIpc) is 3.18. The lowest BCUT2D eigenvalue weighted by atomic mass is 10.1. The van der Waals surface area contributed by atoms with Crippen molar-refractivity contribution in [2.45, 2.75) is 25.2 Å². The first kappa shape index (κ1) is 23.2. The summed E-state index contributed by atoms with van der Waals surface area (Å²) in [7, 11) is 0. The third-order valence-electron chi connectivity index (χ3n) is 5.58. The number of nitrogens with zero attached hydrogens (tertiary/aromatic N) is 5. The molecule has 2 heterocycles. The number of benzene rings is 2. The highest BCUT2D eigenvalue weighted by atomic mass is 32.2. The van der Waals surface area contributed by atoms with Crippen molar-refractivity contribution in [2.24, 2.45) is 0 Å². The molecular weight excluding hydrogens is 451 g/mol. The highest BCUT2D eigenvalue weighted by molar-refractivity contribution is 7.99. The zero-order valence-corrected chi connectivity index (χ0v) is 19.2. The molecule has 1 aromatic heterocycles. The number of aromatic nitrogens is 3. The maximum atomic E-state index is 13.0. The van der Waals surface area contributed by atoms with Gasteiger partial charge in [-0.05, 0) is 44.2 Å². The molecule has 3 aromatic rings. The van der Waals surface area contributed by atoms with Gasteiger partial charge >= 0.3 is 6.18 Å². The van der Waals surface area contributed by atoms with Crippen LogP contribution >= 0.6 is 11.8 Å². The van der Waals surface area contributed by atoms with Gasteiger partial charge in [-0.25, -0.2) is 0 Å². The molecular formula is C23H24F3N5OS. The van der Waals surface area contributed by atoms with E-state index in [2.05, 4.69) is 10.2 Å². The first-order valence-electron chi connectivity index (χ1n) is 10.5. The van der Waals surface area contributed by atoms with E-state index in [9.17, 15) is 18.0 Å². The van der Waals surface area contributed by atoms with Gasteiger partial charge in [0.2, 0.25) is 5.91 Å².